The SMILES string of the molecule is CCCCCCc1ccc(S(=O)(=O)O)c(S(=O)(=O)O)c1CCCCCC. The summed E-state index contributed by atoms with van der Waals surface area (Å²) in [4.78, 5) is -1.41. The maximum absolute atomic E-state index is 11.9. The molecule has 0 aliphatic carbocycles. The van der Waals surface area contributed by atoms with Crippen LogP contribution in [0.2, 0.25) is 0 Å². The Labute approximate surface area is 157 Å². The van der Waals surface area contributed by atoms with Crippen LogP contribution in [0.1, 0.15) is 76.3 Å². The van der Waals surface area contributed by atoms with Crippen LogP contribution in [0.25, 0.3) is 0 Å². The fourth-order valence-electron chi connectivity index (χ4n) is 3.11. The predicted molar refractivity (Wildman–Crippen MR) is 102 cm³/mol. The van der Waals surface area contributed by atoms with E-state index in [1.54, 1.807) is 6.07 Å². The van der Waals surface area contributed by atoms with E-state index in [0.29, 0.717) is 24.8 Å². The molecule has 0 bridgehead atoms. The molecule has 0 spiro atoms. The number of benzene rings is 1. The van der Waals surface area contributed by atoms with E-state index in [0.717, 1.165) is 56.6 Å². The fraction of sp³-hybridized carbons (Fsp3) is 0.667. The molecule has 8 heteroatoms. The minimum atomic E-state index is -4.79. The monoisotopic (exact) mass is 406 g/mol. The third-order valence-electron chi connectivity index (χ3n) is 4.44. The molecule has 0 atom stereocenters. The lowest BCUT2D eigenvalue weighted by Gasteiger charge is -2.16. The van der Waals surface area contributed by atoms with E-state index in [1.165, 1.54) is 0 Å². The quantitative estimate of drug-likeness (QED) is 0.393. The minimum Gasteiger partial charge on any atom is -0.282 e. The summed E-state index contributed by atoms with van der Waals surface area (Å²) >= 11 is 0. The lowest BCUT2D eigenvalue weighted by molar-refractivity contribution is 0.464. The summed E-state index contributed by atoms with van der Waals surface area (Å²) < 4.78 is 66.1. The Bertz CT molecular complexity index is 782. The summed E-state index contributed by atoms with van der Waals surface area (Å²) in [5.74, 6) is 0. The minimum absolute atomic E-state index is 0.315. The lowest BCUT2D eigenvalue weighted by Crippen LogP contribution is -2.14. The Balaban J connectivity index is 3.36. The molecule has 0 amide bonds. The molecule has 0 heterocycles. The molecule has 0 aliphatic rings. The summed E-state index contributed by atoms with van der Waals surface area (Å²) in [6.07, 6.45) is 8.52. The highest BCUT2D eigenvalue weighted by Crippen LogP contribution is 2.30. The van der Waals surface area contributed by atoms with Gasteiger partial charge >= 0.3 is 0 Å². The summed E-state index contributed by atoms with van der Waals surface area (Å²) in [5, 5.41) is 0. The highest BCUT2D eigenvalue weighted by molar-refractivity contribution is 7.89. The van der Waals surface area contributed by atoms with Gasteiger partial charge in [0.05, 0.1) is 0 Å². The molecular formula is C18H30O6S2. The highest BCUT2D eigenvalue weighted by atomic mass is 32.2. The molecule has 150 valence electrons. The van der Waals surface area contributed by atoms with Crippen LogP contribution in [0.15, 0.2) is 21.9 Å². The molecule has 0 saturated carbocycles. The van der Waals surface area contributed by atoms with Crippen LogP contribution in [0.5, 0.6) is 0 Å². The highest BCUT2D eigenvalue weighted by Gasteiger charge is 2.28. The van der Waals surface area contributed by atoms with E-state index in [2.05, 4.69) is 13.8 Å². The van der Waals surface area contributed by atoms with Crippen LogP contribution in [-0.2, 0) is 33.1 Å². The first-order valence-electron chi connectivity index (χ1n) is 9.22. The van der Waals surface area contributed by atoms with Crippen LogP contribution in [0.4, 0.5) is 0 Å². The van der Waals surface area contributed by atoms with Gasteiger partial charge in [0.25, 0.3) is 20.2 Å². The second-order valence-corrected chi connectivity index (χ2v) is 9.35. The van der Waals surface area contributed by atoms with Crippen molar-refractivity contribution in [1.29, 1.82) is 0 Å². The van der Waals surface area contributed by atoms with E-state index in [9.17, 15) is 25.9 Å². The first-order chi connectivity index (χ1) is 12.1. The third kappa shape index (κ3) is 6.98. The molecule has 0 aliphatic heterocycles. The van der Waals surface area contributed by atoms with Gasteiger partial charge in [0.1, 0.15) is 9.79 Å². The van der Waals surface area contributed by atoms with E-state index in [4.69, 9.17) is 0 Å². The molecule has 0 saturated heterocycles. The normalized spacial score (nSPS) is 12.5. The van der Waals surface area contributed by atoms with Gasteiger partial charge in [-0.1, -0.05) is 58.4 Å². The van der Waals surface area contributed by atoms with Gasteiger partial charge in [-0.05, 0) is 42.9 Å². The van der Waals surface area contributed by atoms with E-state index >= 15 is 0 Å². The Kier molecular flexibility index (Phi) is 9.23. The van der Waals surface area contributed by atoms with Gasteiger partial charge < -0.3 is 0 Å². The molecule has 6 nitrogen and oxygen atoms in total. The zero-order valence-corrected chi connectivity index (χ0v) is 17.2. The molecule has 0 fully saturated rings. The van der Waals surface area contributed by atoms with Gasteiger partial charge in [-0.3, -0.25) is 9.11 Å². The molecule has 0 unspecified atom stereocenters. The third-order valence-corrected chi connectivity index (χ3v) is 6.44. The second kappa shape index (κ2) is 10.4. The first kappa shape index (κ1) is 23.1. The summed E-state index contributed by atoms with van der Waals surface area (Å²) in [7, 11) is -9.55. The molecule has 2 N–H and O–H groups in total. The van der Waals surface area contributed by atoms with Gasteiger partial charge in [-0.25, -0.2) is 0 Å². The van der Waals surface area contributed by atoms with E-state index in [-0.39, 0.29) is 0 Å². The predicted octanol–water partition coefficient (Wildman–Crippen LogP) is 4.43. The maximum Gasteiger partial charge on any atom is 0.296 e. The lowest BCUT2D eigenvalue weighted by atomic mass is 9.96. The van der Waals surface area contributed by atoms with Gasteiger partial charge in [-0.2, -0.15) is 16.8 Å². The molecule has 1 rings (SSSR count). The van der Waals surface area contributed by atoms with Crippen LogP contribution < -0.4 is 0 Å². The molecule has 1 aromatic carbocycles. The van der Waals surface area contributed by atoms with Crippen LogP contribution in [-0.4, -0.2) is 25.9 Å². The number of rotatable bonds is 12. The molecule has 0 radical (unpaired) electrons. The smallest absolute Gasteiger partial charge is 0.282 e. The van der Waals surface area contributed by atoms with Crippen molar-refractivity contribution in [2.24, 2.45) is 0 Å². The summed E-state index contributed by atoms with van der Waals surface area (Å²) in [5.41, 5.74) is 1.04. The van der Waals surface area contributed by atoms with Gasteiger partial charge in [-0.15, -0.1) is 0 Å². The van der Waals surface area contributed by atoms with Crippen LogP contribution in [0.3, 0.4) is 0 Å². The molecule has 1 aromatic rings. The van der Waals surface area contributed by atoms with Crippen molar-refractivity contribution >= 4 is 20.2 Å². The van der Waals surface area contributed by atoms with Gasteiger partial charge in [0, 0.05) is 0 Å². The van der Waals surface area contributed by atoms with Crippen molar-refractivity contribution in [3.63, 3.8) is 0 Å². The molecule has 0 aromatic heterocycles. The number of unbranched alkanes of at least 4 members (excludes halogenated alkanes) is 6. The topological polar surface area (TPSA) is 109 Å². The number of aryl methyl sites for hydroxylation is 1. The largest absolute Gasteiger partial charge is 0.296 e. The Morgan fingerprint density at radius 1 is 0.731 bits per heavy atom. The van der Waals surface area contributed by atoms with E-state index < -0.39 is 30.0 Å². The second-order valence-electron chi connectivity index (χ2n) is 6.60. The molecule has 26 heavy (non-hydrogen) atoms. The van der Waals surface area contributed by atoms with Crippen LogP contribution >= 0.6 is 0 Å². The zero-order valence-electron chi connectivity index (χ0n) is 15.6. The van der Waals surface area contributed by atoms with Crippen molar-refractivity contribution < 1.29 is 25.9 Å². The average molecular weight is 407 g/mol. The number of hydrogen-bond acceptors (Lipinski definition) is 4. The Morgan fingerprint density at radius 2 is 1.27 bits per heavy atom. The van der Waals surface area contributed by atoms with Gasteiger partial charge in [0.15, 0.2) is 0 Å². The van der Waals surface area contributed by atoms with E-state index in [1.807, 2.05) is 0 Å². The van der Waals surface area contributed by atoms with Gasteiger partial charge in [0.2, 0.25) is 0 Å². The van der Waals surface area contributed by atoms with Crippen molar-refractivity contribution in [2.45, 2.75) is 87.8 Å². The van der Waals surface area contributed by atoms with Crippen molar-refractivity contribution in [2.75, 3.05) is 0 Å². The Morgan fingerprint density at radius 3 is 1.73 bits per heavy atom. The van der Waals surface area contributed by atoms with Crippen molar-refractivity contribution in [3.8, 4) is 0 Å². The Hall–Kier alpha value is -0.960. The van der Waals surface area contributed by atoms with Crippen molar-refractivity contribution in [1.82, 2.24) is 0 Å². The van der Waals surface area contributed by atoms with Crippen LogP contribution in [0, 0.1) is 0 Å². The maximum atomic E-state index is 11.9. The summed E-state index contributed by atoms with van der Waals surface area (Å²) in [6, 6.07) is 2.63. The van der Waals surface area contributed by atoms with Crippen molar-refractivity contribution in [3.05, 3.63) is 23.3 Å². The molecular weight excluding hydrogens is 376 g/mol. The fourth-order valence-corrected chi connectivity index (χ4v) is 5.21. The summed E-state index contributed by atoms with van der Waals surface area (Å²) in [6.45, 7) is 4.15. The number of hydrogen-bond donors (Lipinski definition) is 2. The zero-order chi connectivity index (χ0) is 19.8. The average Bonchev–Trinajstić information content (AvgIpc) is 2.54. The first-order valence-corrected chi connectivity index (χ1v) is 12.1. The standard InChI is InChI=1S/C18H30O6S2/c1-3-5-7-9-11-15-13-14-17(25(19,20)21)18(26(22,23)24)16(15)12-10-8-6-4-2/h13-14H,3-12H2,1-2H3,(H,19,20,21)(H,22,23,24).